The first-order chi connectivity index (χ1) is 13.8. The third-order valence-electron chi connectivity index (χ3n) is 5.06. The SMILES string of the molecule is O=C(Nc1ccccc1)N1Cc2ccccc2-n2cccc2C1c1cccs1. The number of para-hydroxylation sites is 2. The Morgan fingerprint density at radius 2 is 1.75 bits per heavy atom. The zero-order valence-corrected chi connectivity index (χ0v) is 16.0. The van der Waals surface area contributed by atoms with Gasteiger partial charge in [0.25, 0.3) is 0 Å². The van der Waals surface area contributed by atoms with Crippen LogP contribution in [0.2, 0.25) is 0 Å². The van der Waals surface area contributed by atoms with E-state index in [1.807, 2.05) is 59.5 Å². The number of hydrogen-bond donors (Lipinski definition) is 1. The molecule has 0 radical (unpaired) electrons. The molecular weight excluding hydrogens is 366 g/mol. The molecule has 28 heavy (non-hydrogen) atoms. The molecule has 0 spiro atoms. The third-order valence-corrected chi connectivity index (χ3v) is 5.99. The zero-order chi connectivity index (χ0) is 18.9. The van der Waals surface area contributed by atoms with Crippen molar-refractivity contribution >= 4 is 23.1 Å². The van der Waals surface area contributed by atoms with Gasteiger partial charge in [0.2, 0.25) is 0 Å². The van der Waals surface area contributed by atoms with E-state index in [-0.39, 0.29) is 12.1 Å². The molecule has 138 valence electrons. The lowest BCUT2D eigenvalue weighted by atomic mass is 10.1. The van der Waals surface area contributed by atoms with E-state index in [2.05, 4.69) is 45.7 Å². The highest BCUT2D eigenvalue weighted by Crippen LogP contribution is 2.38. The predicted octanol–water partition coefficient (Wildman–Crippen LogP) is 5.68. The molecule has 1 atom stereocenters. The van der Waals surface area contributed by atoms with Gasteiger partial charge < -0.3 is 14.8 Å². The predicted molar refractivity (Wildman–Crippen MR) is 113 cm³/mol. The van der Waals surface area contributed by atoms with Crippen molar-refractivity contribution < 1.29 is 4.79 Å². The van der Waals surface area contributed by atoms with Crippen molar-refractivity contribution in [2.75, 3.05) is 5.32 Å². The molecule has 1 unspecified atom stereocenters. The second-order valence-electron chi connectivity index (χ2n) is 6.77. The number of amides is 2. The van der Waals surface area contributed by atoms with Crippen LogP contribution in [0.3, 0.4) is 0 Å². The van der Waals surface area contributed by atoms with Crippen LogP contribution < -0.4 is 5.32 Å². The maximum Gasteiger partial charge on any atom is 0.323 e. The van der Waals surface area contributed by atoms with E-state index < -0.39 is 0 Å². The largest absolute Gasteiger partial charge is 0.323 e. The number of urea groups is 1. The van der Waals surface area contributed by atoms with Gasteiger partial charge in [-0.1, -0.05) is 42.5 Å². The Labute approximate surface area is 167 Å². The van der Waals surface area contributed by atoms with Crippen LogP contribution in [0.1, 0.15) is 22.2 Å². The molecule has 5 rings (SSSR count). The monoisotopic (exact) mass is 385 g/mol. The standard InChI is InChI=1S/C23H19N3OS/c27-23(24-18-9-2-1-3-10-18)26-16-17-8-4-5-11-19(17)25-14-6-12-20(25)22(26)21-13-7-15-28-21/h1-15,22H,16H2,(H,24,27). The van der Waals surface area contributed by atoms with Crippen LogP contribution in [-0.4, -0.2) is 15.5 Å². The van der Waals surface area contributed by atoms with E-state index in [0.29, 0.717) is 6.54 Å². The molecule has 0 aliphatic carbocycles. The van der Waals surface area contributed by atoms with Gasteiger partial charge in [-0.3, -0.25) is 0 Å². The van der Waals surface area contributed by atoms with Crippen LogP contribution in [0.25, 0.3) is 5.69 Å². The van der Waals surface area contributed by atoms with Gasteiger partial charge in [0.15, 0.2) is 0 Å². The average molecular weight is 385 g/mol. The van der Waals surface area contributed by atoms with Crippen molar-refractivity contribution in [1.82, 2.24) is 9.47 Å². The molecule has 2 amide bonds. The van der Waals surface area contributed by atoms with Gasteiger partial charge in [-0.25, -0.2) is 4.79 Å². The first-order valence-electron chi connectivity index (χ1n) is 9.23. The Bertz CT molecular complexity index is 1100. The number of nitrogens with one attached hydrogen (secondary N) is 1. The number of thiophene rings is 1. The molecule has 0 saturated heterocycles. The molecule has 0 bridgehead atoms. The van der Waals surface area contributed by atoms with Gasteiger partial charge >= 0.3 is 6.03 Å². The van der Waals surface area contributed by atoms with Crippen LogP contribution in [0.15, 0.2) is 90.4 Å². The van der Waals surface area contributed by atoms with E-state index in [9.17, 15) is 4.79 Å². The summed E-state index contributed by atoms with van der Waals surface area (Å²) >= 11 is 1.68. The van der Waals surface area contributed by atoms with Crippen LogP contribution in [0.5, 0.6) is 0 Å². The second-order valence-corrected chi connectivity index (χ2v) is 7.75. The highest BCUT2D eigenvalue weighted by Gasteiger charge is 2.33. The van der Waals surface area contributed by atoms with Gasteiger partial charge in [0.1, 0.15) is 6.04 Å². The lowest BCUT2D eigenvalue weighted by molar-refractivity contribution is 0.195. The molecule has 4 aromatic rings. The number of aromatic nitrogens is 1. The lowest BCUT2D eigenvalue weighted by Gasteiger charge is -2.30. The molecule has 2 aromatic carbocycles. The first kappa shape index (κ1) is 16.8. The maximum atomic E-state index is 13.4. The summed E-state index contributed by atoms with van der Waals surface area (Å²) in [6.07, 6.45) is 2.08. The summed E-state index contributed by atoms with van der Waals surface area (Å²) in [6, 6.07) is 25.9. The Morgan fingerprint density at radius 3 is 2.57 bits per heavy atom. The van der Waals surface area contributed by atoms with Gasteiger partial charge in [0, 0.05) is 16.8 Å². The fourth-order valence-electron chi connectivity index (χ4n) is 3.80. The van der Waals surface area contributed by atoms with E-state index in [1.54, 1.807) is 11.3 Å². The molecule has 1 aliphatic rings. The summed E-state index contributed by atoms with van der Waals surface area (Å²) in [4.78, 5) is 16.5. The number of benzene rings is 2. The Kier molecular flexibility index (Phi) is 4.22. The van der Waals surface area contributed by atoms with Crippen molar-refractivity contribution in [2.45, 2.75) is 12.6 Å². The normalized spacial score (nSPS) is 15.4. The van der Waals surface area contributed by atoms with Crippen LogP contribution in [-0.2, 0) is 6.54 Å². The van der Waals surface area contributed by atoms with Crippen LogP contribution in [0, 0.1) is 0 Å². The van der Waals surface area contributed by atoms with E-state index >= 15 is 0 Å². The minimum Gasteiger partial charge on any atom is -0.318 e. The molecule has 2 aromatic heterocycles. The number of anilines is 1. The van der Waals surface area contributed by atoms with Crippen molar-refractivity contribution in [3.05, 3.63) is 107 Å². The Morgan fingerprint density at radius 1 is 0.929 bits per heavy atom. The highest BCUT2D eigenvalue weighted by molar-refractivity contribution is 7.10. The quantitative estimate of drug-likeness (QED) is 0.474. The minimum atomic E-state index is -0.147. The number of nitrogens with zero attached hydrogens (tertiary/aromatic N) is 2. The molecule has 1 N–H and O–H groups in total. The van der Waals surface area contributed by atoms with E-state index in [1.165, 1.54) is 0 Å². The Hall–Kier alpha value is -3.31. The zero-order valence-electron chi connectivity index (χ0n) is 15.2. The summed E-state index contributed by atoms with van der Waals surface area (Å²) in [5.41, 5.74) is 4.14. The fourth-order valence-corrected chi connectivity index (χ4v) is 4.65. The maximum absolute atomic E-state index is 13.4. The molecule has 1 aliphatic heterocycles. The fraction of sp³-hybridized carbons (Fsp3) is 0.0870. The second kappa shape index (κ2) is 7.02. The number of hydrogen-bond acceptors (Lipinski definition) is 2. The van der Waals surface area contributed by atoms with E-state index in [0.717, 1.165) is 27.5 Å². The van der Waals surface area contributed by atoms with Gasteiger partial charge in [0.05, 0.1) is 17.9 Å². The summed E-state index contributed by atoms with van der Waals surface area (Å²) in [6.45, 7) is 0.541. The topological polar surface area (TPSA) is 37.3 Å². The van der Waals surface area contributed by atoms with Gasteiger partial charge in [-0.2, -0.15) is 0 Å². The van der Waals surface area contributed by atoms with E-state index in [4.69, 9.17) is 0 Å². The third kappa shape index (κ3) is 2.90. The highest BCUT2D eigenvalue weighted by atomic mass is 32.1. The summed E-state index contributed by atoms with van der Waals surface area (Å²) < 4.78 is 2.20. The smallest absolute Gasteiger partial charge is 0.318 e. The number of carbonyl (C=O) groups excluding carboxylic acids is 1. The van der Waals surface area contributed by atoms with Crippen molar-refractivity contribution in [2.24, 2.45) is 0 Å². The average Bonchev–Trinajstić information content (AvgIpc) is 3.40. The van der Waals surface area contributed by atoms with Gasteiger partial charge in [-0.05, 0) is 47.3 Å². The summed E-state index contributed by atoms with van der Waals surface area (Å²) in [7, 11) is 0. The van der Waals surface area contributed by atoms with Crippen LogP contribution in [0.4, 0.5) is 10.5 Å². The lowest BCUT2D eigenvalue weighted by Crippen LogP contribution is -2.37. The molecular formula is C23H19N3OS. The molecule has 0 saturated carbocycles. The molecule has 3 heterocycles. The van der Waals surface area contributed by atoms with Crippen LogP contribution >= 0.6 is 11.3 Å². The summed E-state index contributed by atoms with van der Waals surface area (Å²) in [5.74, 6) is 0. The number of carbonyl (C=O) groups is 1. The Balaban J connectivity index is 1.63. The molecule has 5 heteroatoms. The van der Waals surface area contributed by atoms with Gasteiger partial charge in [-0.15, -0.1) is 11.3 Å². The van der Waals surface area contributed by atoms with Crippen molar-refractivity contribution in [3.63, 3.8) is 0 Å². The molecule has 4 nitrogen and oxygen atoms in total. The van der Waals surface area contributed by atoms with Crippen molar-refractivity contribution in [3.8, 4) is 5.69 Å². The number of rotatable bonds is 2. The van der Waals surface area contributed by atoms with Crippen molar-refractivity contribution in [1.29, 1.82) is 0 Å². The molecule has 0 fully saturated rings. The first-order valence-corrected chi connectivity index (χ1v) is 10.1. The summed E-state index contributed by atoms with van der Waals surface area (Å²) in [5, 5.41) is 5.13. The number of fused-ring (bicyclic) bond motifs is 3. The minimum absolute atomic E-state index is 0.103.